The highest BCUT2D eigenvalue weighted by atomic mass is 32.2. The summed E-state index contributed by atoms with van der Waals surface area (Å²) >= 11 is 1.15. The quantitative estimate of drug-likeness (QED) is 0.611. The number of amides is 3. The molecule has 0 radical (unpaired) electrons. The van der Waals surface area contributed by atoms with Crippen LogP contribution in [-0.2, 0) is 16.6 Å². The van der Waals surface area contributed by atoms with E-state index in [-0.39, 0.29) is 11.7 Å². The van der Waals surface area contributed by atoms with Crippen LogP contribution in [-0.4, -0.2) is 42.8 Å². The number of thioether (sulfide) groups is 1. The van der Waals surface area contributed by atoms with Crippen molar-refractivity contribution in [1.82, 2.24) is 24.6 Å². The number of hydrogen-bond donors (Lipinski definition) is 2. The van der Waals surface area contributed by atoms with Gasteiger partial charge in [-0.05, 0) is 30.3 Å². The van der Waals surface area contributed by atoms with E-state index < -0.39 is 11.8 Å². The van der Waals surface area contributed by atoms with E-state index in [4.69, 9.17) is 0 Å². The predicted octanol–water partition coefficient (Wildman–Crippen LogP) is 1.61. The highest BCUT2D eigenvalue weighted by molar-refractivity contribution is 7.99. The number of nitrogens with zero attached hydrogens (tertiary/aromatic N) is 4. The molecule has 0 spiro atoms. The lowest BCUT2D eigenvalue weighted by molar-refractivity contribution is -0.117. The molecule has 3 rings (SSSR count). The minimum atomic E-state index is -0.456. The van der Waals surface area contributed by atoms with Crippen LogP contribution in [0.15, 0.2) is 54.1 Å². The van der Waals surface area contributed by atoms with E-state index in [0.29, 0.717) is 16.5 Å². The van der Waals surface area contributed by atoms with Crippen molar-refractivity contribution in [2.45, 2.75) is 12.1 Å². The Balaban J connectivity index is 1.64. The SMILES string of the molecule is CC(=O)Nc1cccc(-n2cnnc2SCC(=O)NC(=O)c2cccn2C)c1. The molecule has 0 atom stereocenters. The number of hydrogen-bond acceptors (Lipinski definition) is 6. The number of rotatable bonds is 6. The summed E-state index contributed by atoms with van der Waals surface area (Å²) in [6.45, 7) is 1.43. The second-order valence-electron chi connectivity index (χ2n) is 5.89. The van der Waals surface area contributed by atoms with Crippen molar-refractivity contribution in [2.24, 2.45) is 7.05 Å². The summed E-state index contributed by atoms with van der Waals surface area (Å²) in [6, 6.07) is 10.5. The van der Waals surface area contributed by atoms with Crippen LogP contribution in [0, 0.1) is 0 Å². The molecular formula is C18H18N6O3S. The minimum absolute atomic E-state index is 0.000241. The summed E-state index contributed by atoms with van der Waals surface area (Å²) in [6.07, 6.45) is 3.24. The summed E-state index contributed by atoms with van der Waals surface area (Å²) in [7, 11) is 1.73. The van der Waals surface area contributed by atoms with Crippen LogP contribution in [0.5, 0.6) is 0 Å². The Morgan fingerprint density at radius 2 is 2.00 bits per heavy atom. The molecule has 0 unspecified atom stereocenters. The lowest BCUT2D eigenvalue weighted by atomic mass is 10.2. The number of benzene rings is 1. The van der Waals surface area contributed by atoms with E-state index in [1.807, 2.05) is 6.07 Å². The molecule has 0 aliphatic carbocycles. The zero-order chi connectivity index (χ0) is 20.1. The molecule has 3 amide bonds. The molecule has 0 saturated heterocycles. The average Bonchev–Trinajstić information content (AvgIpc) is 3.28. The van der Waals surface area contributed by atoms with E-state index in [1.165, 1.54) is 13.3 Å². The molecular weight excluding hydrogens is 380 g/mol. The van der Waals surface area contributed by atoms with Crippen molar-refractivity contribution in [3.8, 4) is 5.69 Å². The molecule has 3 aromatic rings. The molecule has 0 aliphatic heterocycles. The largest absolute Gasteiger partial charge is 0.347 e. The summed E-state index contributed by atoms with van der Waals surface area (Å²) in [5, 5.41) is 13.5. The van der Waals surface area contributed by atoms with Crippen LogP contribution in [0.4, 0.5) is 5.69 Å². The summed E-state index contributed by atoms with van der Waals surface area (Å²) in [4.78, 5) is 35.4. The normalized spacial score (nSPS) is 10.5. The van der Waals surface area contributed by atoms with Gasteiger partial charge in [0, 0.05) is 25.9 Å². The standard InChI is InChI=1S/C18H18N6O3S/c1-12(25)20-13-5-3-6-14(9-13)24-11-19-22-18(24)28-10-16(26)21-17(27)15-7-4-8-23(15)2/h3-9,11H,10H2,1-2H3,(H,20,25)(H,21,26,27). The predicted molar refractivity (Wildman–Crippen MR) is 104 cm³/mol. The first-order chi connectivity index (χ1) is 13.4. The molecule has 0 fully saturated rings. The maximum Gasteiger partial charge on any atom is 0.274 e. The number of aromatic nitrogens is 4. The Labute approximate surface area is 165 Å². The number of nitrogens with one attached hydrogen (secondary N) is 2. The third-order valence-corrected chi connectivity index (χ3v) is 4.67. The molecule has 144 valence electrons. The van der Waals surface area contributed by atoms with Crippen molar-refractivity contribution in [3.63, 3.8) is 0 Å². The van der Waals surface area contributed by atoms with Gasteiger partial charge in [0.1, 0.15) is 12.0 Å². The third kappa shape index (κ3) is 4.65. The second-order valence-corrected chi connectivity index (χ2v) is 6.83. The lowest BCUT2D eigenvalue weighted by Gasteiger charge is -2.09. The monoisotopic (exact) mass is 398 g/mol. The second kappa shape index (κ2) is 8.53. The van der Waals surface area contributed by atoms with Gasteiger partial charge in [0.25, 0.3) is 5.91 Å². The minimum Gasteiger partial charge on any atom is -0.347 e. The Morgan fingerprint density at radius 3 is 2.71 bits per heavy atom. The molecule has 0 aliphatic rings. The van der Waals surface area contributed by atoms with Crippen LogP contribution in [0.1, 0.15) is 17.4 Å². The zero-order valence-corrected chi connectivity index (χ0v) is 16.1. The number of anilines is 1. The first-order valence-corrected chi connectivity index (χ1v) is 9.29. The molecule has 2 N–H and O–H groups in total. The smallest absolute Gasteiger partial charge is 0.274 e. The molecule has 2 aromatic heterocycles. The van der Waals surface area contributed by atoms with E-state index in [1.54, 1.807) is 52.7 Å². The van der Waals surface area contributed by atoms with Crippen molar-refractivity contribution in [2.75, 3.05) is 11.1 Å². The molecule has 10 heteroatoms. The highest BCUT2D eigenvalue weighted by Gasteiger charge is 2.15. The van der Waals surface area contributed by atoms with Gasteiger partial charge in [0.05, 0.1) is 11.4 Å². The molecule has 1 aromatic carbocycles. The van der Waals surface area contributed by atoms with Crippen LogP contribution in [0.25, 0.3) is 5.69 Å². The fourth-order valence-corrected chi connectivity index (χ4v) is 3.22. The van der Waals surface area contributed by atoms with E-state index in [9.17, 15) is 14.4 Å². The van der Waals surface area contributed by atoms with Gasteiger partial charge < -0.3 is 9.88 Å². The van der Waals surface area contributed by atoms with Gasteiger partial charge in [-0.2, -0.15) is 0 Å². The van der Waals surface area contributed by atoms with Gasteiger partial charge in [0.2, 0.25) is 11.8 Å². The van der Waals surface area contributed by atoms with Crippen molar-refractivity contribution in [3.05, 3.63) is 54.6 Å². The summed E-state index contributed by atoms with van der Waals surface area (Å²) in [5.74, 6) is -1.06. The Kier molecular flexibility index (Phi) is 5.90. The topological polar surface area (TPSA) is 111 Å². The number of imide groups is 1. The van der Waals surface area contributed by atoms with Crippen molar-refractivity contribution >= 4 is 35.2 Å². The van der Waals surface area contributed by atoms with Crippen LogP contribution >= 0.6 is 11.8 Å². The third-order valence-electron chi connectivity index (χ3n) is 3.72. The summed E-state index contributed by atoms with van der Waals surface area (Å²) < 4.78 is 3.33. The van der Waals surface area contributed by atoms with Crippen LogP contribution < -0.4 is 10.6 Å². The van der Waals surface area contributed by atoms with Gasteiger partial charge in [0.15, 0.2) is 5.16 Å². The highest BCUT2D eigenvalue weighted by Crippen LogP contribution is 2.21. The first kappa shape index (κ1) is 19.4. The Bertz CT molecular complexity index is 1030. The molecule has 0 bridgehead atoms. The van der Waals surface area contributed by atoms with Gasteiger partial charge in [-0.1, -0.05) is 17.8 Å². The zero-order valence-electron chi connectivity index (χ0n) is 15.2. The molecule has 2 heterocycles. The van der Waals surface area contributed by atoms with E-state index in [0.717, 1.165) is 17.4 Å². The first-order valence-electron chi connectivity index (χ1n) is 8.30. The fraction of sp³-hybridized carbons (Fsp3) is 0.167. The van der Waals surface area contributed by atoms with Crippen LogP contribution in [0.3, 0.4) is 0 Å². The maximum absolute atomic E-state index is 12.1. The summed E-state index contributed by atoms with van der Waals surface area (Å²) in [5.41, 5.74) is 1.77. The fourth-order valence-electron chi connectivity index (χ4n) is 2.49. The van der Waals surface area contributed by atoms with Gasteiger partial charge in [-0.25, -0.2) is 0 Å². The van der Waals surface area contributed by atoms with Gasteiger partial charge in [-0.15, -0.1) is 10.2 Å². The van der Waals surface area contributed by atoms with Gasteiger partial charge >= 0.3 is 0 Å². The molecule has 9 nitrogen and oxygen atoms in total. The number of carbonyl (C=O) groups is 3. The van der Waals surface area contributed by atoms with E-state index in [2.05, 4.69) is 20.8 Å². The number of carbonyl (C=O) groups excluding carboxylic acids is 3. The van der Waals surface area contributed by atoms with Gasteiger partial charge in [-0.3, -0.25) is 24.3 Å². The van der Waals surface area contributed by atoms with Crippen molar-refractivity contribution in [1.29, 1.82) is 0 Å². The Hall–Kier alpha value is -3.40. The van der Waals surface area contributed by atoms with Crippen molar-refractivity contribution < 1.29 is 14.4 Å². The van der Waals surface area contributed by atoms with E-state index >= 15 is 0 Å². The molecule has 0 saturated carbocycles. The Morgan fingerprint density at radius 1 is 1.18 bits per heavy atom. The lowest BCUT2D eigenvalue weighted by Crippen LogP contribution is -2.33. The maximum atomic E-state index is 12.1. The van der Waals surface area contributed by atoms with Crippen LogP contribution in [0.2, 0.25) is 0 Å². The average molecular weight is 398 g/mol. The molecule has 28 heavy (non-hydrogen) atoms. The number of aryl methyl sites for hydroxylation is 1.